The Labute approximate surface area is 182 Å². The Morgan fingerprint density at radius 3 is 2.58 bits per heavy atom. The van der Waals surface area contributed by atoms with Crippen molar-refractivity contribution >= 4 is 32.6 Å². The molecule has 0 atom stereocenters. The number of hydrogen-bond acceptors (Lipinski definition) is 9. The number of aromatic nitrogens is 4. The molecule has 0 saturated heterocycles. The summed E-state index contributed by atoms with van der Waals surface area (Å²) in [5.41, 5.74) is 1.59. The molecule has 3 aromatic heterocycles. The number of ether oxygens (including phenoxy) is 3. The predicted octanol–water partition coefficient (Wildman–Crippen LogP) is 3.35. The summed E-state index contributed by atoms with van der Waals surface area (Å²) in [7, 11) is 4.49. The van der Waals surface area contributed by atoms with Gasteiger partial charge in [-0.3, -0.25) is 14.7 Å². The zero-order chi connectivity index (χ0) is 21.8. The van der Waals surface area contributed by atoms with Crippen molar-refractivity contribution in [3.8, 4) is 17.6 Å². The number of anilines is 1. The van der Waals surface area contributed by atoms with Gasteiger partial charge in [-0.2, -0.15) is 9.97 Å². The van der Waals surface area contributed by atoms with E-state index < -0.39 is 0 Å². The molecule has 158 valence electrons. The fourth-order valence-electron chi connectivity index (χ4n) is 2.86. The molecule has 1 amide bonds. The van der Waals surface area contributed by atoms with Crippen LogP contribution in [-0.2, 0) is 6.54 Å². The minimum Gasteiger partial charge on any atom is -0.497 e. The number of benzene rings is 1. The topological polar surface area (TPSA) is 99.6 Å². The van der Waals surface area contributed by atoms with E-state index in [2.05, 4.69) is 19.9 Å². The monoisotopic (exact) mass is 437 g/mol. The molecule has 0 radical (unpaired) electrons. The fourth-order valence-corrected chi connectivity index (χ4v) is 3.85. The fraction of sp³-hybridized carbons (Fsp3) is 0.190. The van der Waals surface area contributed by atoms with Crippen LogP contribution in [0.5, 0.6) is 17.6 Å². The van der Waals surface area contributed by atoms with Gasteiger partial charge in [-0.15, -0.1) is 0 Å². The largest absolute Gasteiger partial charge is 0.497 e. The molecule has 0 aliphatic rings. The molecule has 0 unspecified atom stereocenters. The van der Waals surface area contributed by atoms with E-state index in [0.29, 0.717) is 10.8 Å². The summed E-state index contributed by atoms with van der Waals surface area (Å²) >= 11 is 1.38. The molecule has 4 rings (SSSR count). The lowest BCUT2D eigenvalue weighted by molar-refractivity contribution is 0.0978. The van der Waals surface area contributed by atoms with Crippen LogP contribution >= 0.6 is 11.3 Å². The summed E-state index contributed by atoms with van der Waals surface area (Å²) in [4.78, 5) is 32.3. The molecular formula is C21H19N5O4S. The summed E-state index contributed by atoms with van der Waals surface area (Å²) < 4.78 is 16.5. The third-order valence-electron chi connectivity index (χ3n) is 4.40. The van der Waals surface area contributed by atoms with Gasteiger partial charge in [-0.05, 0) is 30.3 Å². The van der Waals surface area contributed by atoms with Gasteiger partial charge in [-0.1, -0.05) is 17.4 Å². The van der Waals surface area contributed by atoms with E-state index in [4.69, 9.17) is 14.2 Å². The number of methoxy groups -OCH3 is 3. The molecule has 0 aliphatic heterocycles. The number of nitrogens with zero attached hydrogens (tertiary/aromatic N) is 5. The molecule has 1 aromatic carbocycles. The van der Waals surface area contributed by atoms with E-state index in [1.165, 1.54) is 36.5 Å². The van der Waals surface area contributed by atoms with E-state index in [1.54, 1.807) is 13.3 Å². The van der Waals surface area contributed by atoms with E-state index in [0.717, 1.165) is 16.0 Å². The van der Waals surface area contributed by atoms with Gasteiger partial charge in [0.05, 0.1) is 43.8 Å². The van der Waals surface area contributed by atoms with Crippen molar-refractivity contribution < 1.29 is 19.0 Å². The van der Waals surface area contributed by atoms with Crippen LogP contribution in [0, 0.1) is 0 Å². The van der Waals surface area contributed by atoms with Crippen molar-refractivity contribution in [3.63, 3.8) is 0 Å². The predicted molar refractivity (Wildman–Crippen MR) is 116 cm³/mol. The van der Waals surface area contributed by atoms with Crippen molar-refractivity contribution in [1.29, 1.82) is 0 Å². The smallest absolute Gasteiger partial charge is 0.320 e. The molecule has 3 heterocycles. The normalized spacial score (nSPS) is 10.7. The summed E-state index contributed by atoms with van der Waals surface area (Å²) in [6.07, 6.45) is 1.68. The molecule has 0 saturated carbocycles. The van der Waals surface area contributed by atoms with Gasteiger partial charge < -0.3 is 14.2 Å². The Morgan fingerprint density at radius 2 is 1.87 bits per heavy atom. The first-order chi connectivity index (χ1) is 15.1. The van der Waals surface area contributed by atoms with Gasteiger partial charge in [-0.25, -0.2) is 4.98 Å². The van der Waals surface area contributed by atoms with E-state index >= 15 is 0 Å². The van der Waals surface area contributed by atoms with Gasteiger partial charge >= 0.3 is 6.01 Å². The lowest BCUT2D eigenvalue weighted by atomic mass is 10.3. The van der Waals surface area contributed by atoms with Crippen LogP contribution in [0.25, 0.3) is 10.2 Å². The maximum Gasteiger partial charge on any atom is 0.320 e. The van der Waals surface area contributed by atoms with E-state index in [9.17, 15) is 4.79 Å². The summed E-state index contributed by atoms with van der Waals surface area (Å²) in [5, 5.41) is 0.510. The van der Waals surface area contributed by atoms with Gasteiger partial charge in [0.1, 0.15) is 11.4 Å². The third-order valence-corrected chi connectivity index (χ3v) is 5.44. The first kappa shape index (κ1) is 20.5. The van der Waals surface area contributed by atoms with Crippen molar-refractivity contribution in [2.75, 3.05) is 26.2 Å². The van der Waals surface area contributed by atoms with Gasteiger partial charge in [0.25, 0.3) is 5.91 Å². The molecule has 0 bridgehead atoms. The highest BCUT2D eigenvalue weighted by Crippen LogP contribution is 2.33. The molecule has 10 heteroatoms. The SMILES string of the molecule is COc1ccc2nc(N(Cc3ccccn3)C(=O)c3cc(OC)nc(OC)n3)sc2c1. The minimum absolute atomic E-state index is 0.0366. The van der Waals surface area contributed by atoms with Gasteiger partial charge in [0.2, 0.25) is 5.88 Å². The van der Waals surface area contributed by atoms with Crippen molar-refractivity contribution in [2.45, 2.75) is 6.54 Å². The number of carbonyl (C=O) groups is 1. The minimum atomic E-state index is -0.379. The van der Waals surface area contributed by atoms with Crippen LogP contribution in [-0.4, -0.2) is 47.2 Å². The Morgan fingerprint density at radius 1 is 1.00 bits per heavy atom. The lowest BCUT2D eigenvalue weighted by Gasteiger charge is -2.19. The average molecular weight is 437 g/mol. The Bertz CT molecular complexity index is 1190. The van der Waals surface area contributed by atoms with Crippen LogP contribution in [0.4, 0.5) is 5.13 Å². The molecule has 0 spiro atoms. The number of hydrogen-bond donors (Lipinski definition) is 0. The Kier molecular flexibility index (Phi) is 5.89. The number of fused-ring (bicyclic) bond motifs is 1. The highest BCUT2D eigenvalue weighted by atomic mass is 32.1. The van der Waals surface area contributed by atoms with Crippen LogP contribution in [0.1, 0.15) is 16.2 Å². The summed E-state index contributed by atoms with van der Waals surface area (Å²) in [6.45, 7) is 0.214. The first-order valence-electron chi connectivity index (χ1n) is 9.24. The Hall–Kier alpha value is -3.79. The van der Waals surface area contributed by atoms with E-state index in [1.807, 2.05) is 36.4 Å². The molecular weight excluding hydrogens is 418 g/mol. The van der Waals surface area contributed by atoms with Crippen LogP contribution in [0.3, 0.4) is 0 Å². The molecule has 0 aliphatic carbocycles. The second kappa shape index (κ2) is 8.92. The number of amides is 1. The highest BCUT2D eigenvalue weighted by molar-refractivity contribution is 7.22. The third kappa shape index (κ3) is 4.38. The maximum absolute atomic E-state index is 13.5. The van der Waals surface area contributed by atoms with Crippen LogP contribution in [0.15, 0.2) is 48.7 Å². The number of rotatable bonds is 7. The summed E-state index contributed by atoms with van der Waals surface area (Å²) in [5.74, 6) is 0.563. The zero-order valence-electron chi connectivity index (χ0n) is 17.1. The number of carbonyl (C=O) groups excluding carboxylic acids is 1. The number of pyridine rings is 1. The Balaban J connectivity index is 1.78. The second-order valence-electron chi connectivity index (χ2n) is 6.32. The van der Waals surface area contributed by atoms with Gasteiger partial charge in [0, 0.05) is 12.3 Å². The zero-order valence-corrected chi connectivity index (χ0v) is 17.9. The van der Waals surface area contributed by atoms with Crippen molar-refractivity contribution in [1.82, 2.24) is 19.9 Å². The van der Waals surface area contributed by atoms with Gasteiger partial charge in [0.15, 0.2) is 5.13 Å². The highest BCUT2D eigenvalue weighted by Gasteiger charge is 2.25. The number of thiazole rings is 1. The quantitative estimate of drug-likeness (QED) is 0.434. The van der Waals surface area contributed by atoms with E-state index in [-0.39, 0.29) is 30.0 Å². The molecule has 31 heavy (non-hydrogen) atoms. The molecule has 0 N–H and O–H groups in total. The van der Waals surface area contributed by atoms with Crippen LogP contribution in [0.2, 0.25) is 0 Å². The average Bonchev–Trinajstić information content (AvgIpc) is 3.25. The maximum atomic E-state index is 13.5. The van der Waals surface area contributed by atoms with Crippen molar-refractivity contribution in [2.24, 2.45) is 0 Å². The molecule has 0 fully saturated rings. The summed E-state index contributed by atoms with van der Waals surface area (Å²) in [6, 6.07) is 12.6. The van der Waals surface area contributed by atoms with Crippen molar-refractivity contribution in [3.05, 3.63) is 60.0 Å². The first-order valence-corrected chi connectivity index (χ1v) is 10.1. The lowest BCUT2D eigenvalue weighted by Crippen LogP contribution is -2.31. The second-order valence-corrected chi connectivity index (χ2v) is 7.33. The molecule has 4 aromatic rings. The molecule has 9 nitrogen and oxygen atoms in total. The van der Waals surface area contributed by atoms with Crippen LogP contribution < -0.4 is 19.1 Å². The standard InChI is InChI=1S/C21H19N5O4S/c1-28-14-7-8-15-17(10-14)31-21(24-15)26(12-13-6-4-5-9-22-13)19(27)16-11-18(29-2)25-20(23-16)30-3/h4-11H,12H2,1-3H3.